The second-order valence-corrected chi connectivity index (χ2v) is 6.40. The van der Waals surface area contributed by atoms with E-state index >= 15 is 0 Å². The number of rotatable bonds is 5. The number of carbonyl (C=O) groups excluding carboxylic acids is 1. The van der Waals surface area contributed by atoms with E-state index in [1.54, 1.807) is 0 Å². The van der Waals surface area contributed by atoms with Gasteiger partial charge in [0.25, 0.3) is 0 Å². The van der Waals surface area contributed by atoms with E-state index in [0.29, 0.717) is 17.9 Å². The Bertz CT molecular complexity index is 313. The third-order valence-electron chi connectivity index (χ3n) is 4.58. The Hall–Kier alpha value is -0.610. The predicted octanol–water partition coefficient (Wildman–Crippen LogP) is 1.66. The van der Waals surface area contributed by atoms with Crippen LogP contribution in [0.4, 0.5) is 0 Å². The zero-order valence-corrected chi connectivity index (χ0v) is 12.9. The van der Waals surface area contributed by atoms with Gasteiger partial charge in [-0.2, -0.15) is 0 Å². The predicted molar refractivity (Wildman–Crippen MR) is 77.8 cm³/mol. The van der Waals surface area contributed by atoms with Crippen LogP contribution in [0.1, 0.15) is 47.0 Å². The maximum Gasteiger partial charge on any atom is 0.241 e. The summed E-state index contributed by atoms with van der Waals surface area (Å²) in [5, 5.41) is 3.49. The van der Waals surface area contributed by atoms with E-state index in [9.17, 15) is 4.79 Å². The lowest BCUT2D eigenvalue weighted by atomic mass is 10.0. The molecule has 2 heterocycles. The number of hydrogen-bond acceptors (Lipinski definition) is 3. The first-order valence-electron chi connectivity index (χ1n) is 7.85. The van der Waals surface area contributed by atoms with Crippen LogP contribution in [0.5, 0.6) is 0 Å². The maximum absolute atomic E-state index is 12.5. The summed E-state index contributed by atoms with van der Waals surface area (Å²) in [4.78, 5) is 17.1. The highest BCUT2D eigenvalue weighted by Gasteiger charge is 2.40. The molecular weight excluding hydrogens is 238 g/mol. The quantitative estimate of drug-likeness (QED) is 0.823. The van der Waals surface area contributed by atoms with Gasteiger partial charge in [0.2, 0.25) is 5.91 Å². The third kappa shape index (κ3) is 3.11. The molecule has 19 heavy (non-hydrogen) atoms. The summed E-state index contributed by atoms with van der Waals surface area (Å²) in [5.41, 5.74) is 0. The van der Waals surface area contributed by atoms with Crippen LogP contribution in [0.25, 0.3) is 0 Å². The number of likely N-dealkylation sites (tertiary alicyclic amines) is 1. The van der Waals surface area contributed by atoms with Crippen LogP contribution in [-0.2, 0) is 4.79 Å². The molecule has 0 spiro atoms. The average molecular weight is 267 g/mol. The molecule has 4 heteroatoms. The summed E-state index contributed by atoms with van der Waals surface area (Å²) in [6, 6.07) is 0.490. The van der Waals surface area contributed by atoms with E-state index in [1.807, 2.05) is 0 Å². The number of hydrogen-bond donors (Lipinski definition) is 1. The van der Waals surface area contributed by atoms with Gasteiger partial charge in [0.1, 0.15) is 0 Å². The van der Waals surface area contributed by atoms with Crippen molar-refractivity contribution in [2.24, 2.45) is 5.92 Å². The van der Waals surface area contributed by atoms with Crippen LogP contribution in [0.2, 0.25) is 0 Å². The highest BCUT2D eigenvalue weighted by molar-refractivity contribution is 5.84. The second-order valence-electron chi connectivity index (χ2n) is 6.40. The fourth-order valence-electron chi connectivity index (χ4n) is 3.32. The van der Waals surface area contributed by atoms with Crippen molar-refractivity contribution in [2.75, 3.05) is 19.6 Å². The zero-order chi connectivity index (χ0) is 14.0. The van der Waals surface area contributed by atoms with Gasteiger partial charge in [-0.15, -0.1) is 0 Å². The normalized spacial score (nSPS) is 30.6. The molecule has 0 aromatic heterocycles. The second kappa shape index (κ2) is 6.23. The minimum Gasteiger partial charge on any atom is -0.324 e. The fourth-order valence-corrected chi connectivity index (χ4v) is 3.32. The van der Waals surface area contributed by atoms with E-state index < -0.39 is 0 Å². The molecule has 0 aromatic carbocycles. The van der Waals surface area contributed by atoms with Crippen LogP contribution >= 0.6 is 0 Å². The topological polar surface area (TPSA) is 35.6 Å². The molecule has 110 valence electrons. The molecule has 2 rings (SSSR count). The van der Waals surface area contributed by atoms with E-state index in [0.717, 1.165) is 13.0 Å². The maximum atomic E-state index is 12.5. The van der Waals surface area contributed by atoms with Crippen molar-refractivity contribution in [1.29, 1.82) is 0 Å². The van der Waals surface area contributed by atoms with Crippen molar-refractivity contribution >= 4 is 5.91 Å². The highest BCUT2D eigenvalue weighted by atomic mass is 16.2. The van der Waals surface area contributed by atoms with Crippen LogP contribution in [0.15, 0.2) is 0 Å². The minimum absolute atomic E-state index is 0.00993. The van der Waals surface area contributed by atoms with Gasteiger partial charge in [-0.25, -0.2) is 0 Å². The lowest BCUT2D eigenvalue weighted by Gasteiger charge is -2.31. The van der Waals surface area contributed by atoms with E-state index in [4.69, 9.17) is 0 Å². The van der Waals surface area contributed by atoms with Crippen LogP contribution < -0.4 is 5.32 Å². The first kappa shape index (κ1) is 14.8. The lowest BCUT2D eigenvalue weighted by molar-refractivity contribution is -0.131. The average Bonchev–Trinajstić information content (AvgIpc) is 2.99. The Balaban J connectivity index is 1.98. The highest BCUT2D eigenvalue weighted by Crippen LogP contribution is 2.21. The molecule has 2 aliphatic rings. The Kier molecular flexibility index (Phi) is 4.85. The SMILES string of the molecule is CCC1NC(C(C)C)C(=O)N1CC(C)N1CCCC1. The van der Waals surface area contributed by atoms with Crippen LogP contribution in [-0.4, -0.2) is 53.6 Å². The molecule has 0 aromatic rings. The number of nitrogens with zero attached hydrogens (tertiary/aromatic N) is 2. The molecule has 0 aliphatic carbocycles. The Labute approximate surface area is 117 Å². The van der Waals surface area contributed by atoms with Crippen LogP contribution in [0.3, 0.4) is 0 Å². The van der Waals surface area contributed by atoms with E-state index in [1.165, 1.54) is 25.9 Å². The molecule has 2 fully saturated rings. The minimum atomic E-state index is 0.00993. The van der Waals surface area contributed by atoms with Crippen molar-refractivity contribution in [3.8, 4) is 0 Å². The van der Waals surface area contributed by atoms with E-state index in [-0.39, 0.29) is 12.2 Å². The van der Waals surface area contributed by atoms with Crippen molar-refractivity contribution < 1.29 is 4.79 Å². The van der Waals surface area contributed by atoms with Gasteiger partial charge in [0.15, 0.2) is 0 Å². The molecule has 1 N–H and O–H groups in total. The van der Waals surface area contributed by atoms with Gasteiger partial charge in [-0.1, -0.05) is 20.8 Å². The third-order valence-corrected chi connectivity index (χ3v) is 4.58. The van der Waals surface area contributed by atoms with Gasteiger partial charge in [-0.05, 0) is 45.2 Å². The molecule has 0 radical (unpaired) electrons. The monoisotopic (exact) mass is 267 g/mol. The summed E-state index contributed by atoms with van der Waals surface area (Å²) in [6.07, 6.45) is 3.83. The summed E-state index contributed by atoms with van der Waals surface area (Å²) in [5.74, 6) is 0.668. The van der Waals surface area contributed by atoms with Gasteiger partial charge in [-0.3, -0.25) is 15.0 Å². The standard InChI is InChI=1S/C15H29N3O/c1-5-13-16-14(11(2)3)15(19)18(13)10-12(4)17-8-6-7-9-17/h11-14,16H,5-10H2,1-4H3. The van der Waals surface area contributed by atoms with Gasteiger partial charge in [0, 0.05) is 12.6 Å². The first-order chi connectivity index (χ1) is 9.04. The Morgan fingerprint density at radius 1 is 1.26 bits per heavy atom. The van der Waals surface area contributed by atoms with Gasteiger partial charge >= 0.3 is 0 Å². The number of carbonyl (C=O) groups is 1. The first-order valence-corrected chi connectivity index (χ1v) is 7.85. The largest absolute Gasteiger partial charge is 0.324 e. The molecule has 3 unspecified atom stereocenters. The van der Waals surface area contributed by atoms with Gasteiger partial charge in [0.05, 0.1) is 12.2 Å². The summed E-state index contributed by atoms with van der Waals surface area (Å²) in [6.45, 7) is 11.9. The fraction of sp³-hybridized carbons (Fsp3) is 0.933. The van der Waals surface area contributed by atoms with Gasteiger partial charge < -0.3 is 4.90 Å². The Morgan fingerprint density at radius 2 is 1.89 bits per heavy atom. The van der Waals surface area contributed by atoms with E-state index in [2.05, 4.69) is 42.8 Å². The smallest absolute Gasteiger partial charge is 0.241 e. The van der Waals surface area contributed by atoms with Crippen molar-refractivity contribution in [2.45, 2.75) is 65.2 Å². The summed E-state index contributed by atoms with van der Waals surface area (Å²) >= 11 is 0. The zero-order valence-electron chi connectivity index (χ0n) is 12.9. The van der Waals surface area contributed by atoms with Crippen molar-refractivity contribution in [3.63, 3.8) is 0 Å². The lowest BCUT2D eigenvalue weighted by Crippen LogP contribution is -2.46. The molecule has 2 saturated heterocycles. The molecule has 2 aliphatic heterocycles. The van der Waals surface area contributed by atoms with Crippen molar-refractivity contribution in [1.82, 2.24) is 15.1 Å². The number of amides is 1. The summed E-state index contributed by atoms with van der Waals surface area (Å²) in [7, 11) is 0. The number of nitrogens with one attached hydrogen (secondary N) is 1. The molecule has 0 saturated carbocycles. The molecule has 3 atom stereocenters. The molecule has 1 amide bonds. The molecule has 4 nitrogen and oxygen atoms in total. The Morgan fingerprint density at radius 3 is 2.42 bits per heavy atom. The van der Waals surface area contributed by atoms with Crippen LogP contribution in [0, 0.1) is 5.92 Å². The summed E-state index contributed by atoms with van der Waals surface area (Å²) < 4.78 is 0. The molecule has 0 bridgehead atoms. The van der Waals surface area contributed by atoms with Crippen molar-refractivity contribution in [3.05, 3.63) is 0 Å². The molecular formula is C15H29N3O.